The average Bonchev–Trinajstić information content (AvgIpc) is 3.07. The van der Waals surface area contributed by atoms with Gasteiger partial charge in [-0.2, -0.15) is 0 Å². The van der Waals surface area contributed by atoms with Crippen LogP contribution < -0.4 is 5.73 Å². The molecule has 0 saturated heterocycles. The van der Waals surface area contributed by atoms with Gasteiger partial charge in [-0.15, -0.1) is 22.7 Å². The number of thiophene rings is 1. The minimum Gasteiger partial charge on any atom is -0.323 e. The Labute approximate surface area is 120 Å². The predicted octanol–water partition coefficient (Wildman–Crippen LogP) is 4.82. The molecule has 4 heteroatoms. The van der Waals surface area contributed by atoms with E-state index in [-0.39, 0.29) is 6.04 Å². The van der Waals surface area contributed by atoms with Crippen molar-refractivity contribution in [3.63, 3.8) is 0 Å². The normalized spacial score (nSPS) is 12.9. The van der Waals surface area contributed by atoms with Crippen molar-refractivity contribution in [2.75, 3.05) is 0 Å². The Bertz CT molecular complexity index is 684. The first-order chi connectivity index (χ1) is 9.28. The summed E-state index contributed by atoms with van der Waals surface area (Å²) in [5.41, 5.74) is 10.4. The molecule has 3 rings (SSSR count). The molecule has 0 aliphatic rings. The molecule has 19 heavy (non-hydrogen) atoms. The summed E-state index contributed by atoms with van der Waals surface area (Å²) >= 11 is 3.49. The number of nitrogens with two attached hydrogens (primary N) is 1. The number of benzene rings is 1. The van der Waals surface area contributed by atoms with Crippen LogP contribution in [0.2, 0.25) is 0 Å². The summed E-state index contributed by atoms with van der Waals surface area (Å²) in [5.74, 6) is 0. The summed E-state index contributed by atoms with van der Waals surface area (Å²) in [6, 6.07) is 11.0. The summed E-state index contributed by atoms with van der Waals surface area (Å²) < 4.78 is 1.24. The lowest BCUT2D eigenvalue weighted by molar-refractivity contribution is 0.648. The Hall–Kier alpha value is -1.23. The van der Waals surface area contributed by atoms with Gasteiger partial charge in [0.05, 0.1) is 15.7 Å². The first-order valence-corrected chi connectivity index (χ1v) is 8.16. The minimum absolute atomic E-state index is 0.177. The quantitative estimate of drug-likeness (QED) is 0.747. The third-order valence-corrected chi connectivity index (χ3v) is 5.27. The maximum absolute atomic E-state index is 6.17. The van der Waals surface area contributed by atoms with Crippen molar-refractivity contribution in [3.8, 4) is 10.4 Å². The molecular weight excluding hydrogens is 272 g/mol. The number of thiazole rings is 1. The fourth-order valence-corrected chi connectivity index (χ4v) is 3.93. The fourth-order valence-electron chi connectivity index (χ4n) is 2.17. The molecule has 2 heterocycles. The molecule has 2 N–H and O–H groups in total. The summed E-state index contributed by atoms with van der Waals surface area (Å²) in [5, 5.41) is 0. The SMILES string of the molecule is CCCC(N)c1ccc(-c2ccc3ncsc3c2)s1. The van der Waals surface area contributed by atoms with Crippen molar-refractivity contribution < 1.29 is 0 Å². The second kappa shape index (κ2) is 5.41. The third kappa shape index (κ3) is 2.56. The lowest BCUT2D eigenvalue weighted by atomic mass is 10.1. The molecule has 2 aromatic heterocycles. The molecule has 0 bridgehead atoms. The van der Waals surface area contributed by atoms with E-state index in [4.69, 9.17) is 5.73 Å². The lowest BCUT2D eigenvalue weighted by Gasteiger charge is -2.06. The van der Waals surface area contributed by atoms with Crippen molar-refractivity contribution in [3.05, 3.63) is 40.7 Å². The van der Waals surface area contributed by atoms with Gasteiger partial charge in [0.15, 0.2) is 0 Å². The van der Waals surface area contributed by atoms with Crippen LogP contribution in [0.5, 0.6) is 0 Å². The van der Waals surface area contributed by atoms with E-state index in [2.05, 4.69) is 42.2 Å². The summed E-state index contributed by atoms with van der Waals surface area (Å²) in [4.78, 5) is 6.88. The van der Waals surface area contributed by atoms with E-state index in [0.29, 0.717) is 0 Å². The lowest BCUT2D eigenvalue weighted by Crippen LogP contribution is -2.07. The maximum Gasteiger partial charge on any atom is 0.0812 e. The van der Waals surface area contributed by atoms with Gasteiger partial charge in [-0.05, 0) is 36.2 Å². The molecule has 0 saturated carbocycles. The maximum atomic E-state index is 6.17. The highest BCUT2D eigenvalue weighted by Gasteiger charge is 2.10. The molecular formula is C15H16N2S2. The molecule has 98 valence electrons. The van der Waals surface area contributed by atoms with Gasteiger partial charge in [-0.25, -0.2) is 4.98 Å². The third-order valence-electron chi connectivity index (χ3n) is 3.21. The molecule has 0 spiro atoms. The summed E-state index contributed by atoms with van der Waals surface area (Å²) in [6.45, 7) is 2.17. The second-order valence-corrected chi connectivity index (χ2v) is 6.63. The Morgan fingerprint density at radius 1 is 1.26 bits per heavy atom. The van der Waals surface area contributed by atoms with E-state index in [1.54, 1.807) is 22.7 Å². The Morgan fingerprint density at radius 3 is 3.00 bits per heavy atom. The van der Waals surface area contributed by atoms with Crippen molar-refractivity contribution in [1.29, 1.82) is 0 Å². The highest BCUT2D eigenvalue weighted by molar-refractivity contribution is 7.17. The van der Waals surface area contributed by atoms with Crippen molar-refractivity contribution in [2.45, 2.75) is 25.8 Å². The Morgan fingerprint density at radius 2 is 2.16 bits per heavy atom. The zero-order valence-electron chi connectivity index (χ0n) is 10.8. The smallest absolute Gasteiger partial charge is 0.0812 e. The molecule has 1 unspecified atom stereocenters. The van der Waals surface area contributed by atoms with Crippen LogP contribution in [0.3, 0.4) is 0 Å². The number of aromatic nitrogens is 1. The van der Waals surface area contributed by atoms with Crippen LogP contribution in [0.1, 0.15) is 30.7 Å². The number of rotatable bonds is 4. The van der Waals surface area contributed by atoms with Gasteiger partial charge in [0.25, 0.3) is 0 Å². The Balaban J connectivity index is 1.93. The molecule has 1 aromatic carbocycles. The molecule has 0 fully saturated rings. The minimum atomic E-state index is 0.177. The van der Waals surface area contributed by atoms with Crippen molar-refractivity contribution in [2.24, 2.45) is 5.73 Å². The largest absolute Gasteiger partial charge is 0.323 e. The van der Waals surface area contributed by atoms with E-state index >= 15 is 0 Å². The number of nitrogens with zero attached hydrogens (tertiary/aromatic N) is 1. The number of fused-ring (bicyclic) bond motifs is 1. The molecule has 1 atom stereocenters. The van der Waals surface area contributed by atoms with Gasteiger partial charge >= 0.3 is 0 Å². The molecule has 0 aliphatic carbocycles. The average molecular weight is 288 g/mol. The van der Waals surface area contributed by atoms with E-state index in [9.17, 15) is 0 Å². The van der Waals surface area contributed by atoms with Gasteiger partial charge in [0, 0.05) is 15.8 Å². The van der Waals surface area contributed by atoms with Gasteiger partial charge in [-0.3, -0.25) is 0 Å². The van der Waals surface area contributed by atoms with Crippen LogP contribution in [0.25, 0.3) is 20.7 Å². The van der Waals surface area contributed by atoms with Gasteiger partial charge in [0.2, 0.25) is 0 Å². The summed E-state index contributed by atoms with van der Waals surface area (Å²) in [7, 11) is 0. The second-order valence-electron chi connectivity index (χ2n) is 4.63. The molecule has 0 aliphatic heterocycles. The monoisotopic (exact) mass is 288 g/mol. The van der Waals surface area contributed by atoms with Crippen LogP contribution in [0, 0.1) is 0 Å². The number of hydrogen-bond acceptors (Lipinski definition) is 4. The molecule has 0 radical (unpaired) electrons. The molecule has 0 amide bonds. The molecule has 3 aromatic rings. The van der Waals surface area contributed by atoms with Gasteiger partial charge < -0.3 is 5.73 Å². The van der Waals surface area contributed by atoms with Crippen molar-refractivity contribution in [1.82, 2.24) is 4.98 Å². The number of hydrogen-bond donors (Lipinski definition) is 1. The Kier molecular flexibility index (Phi) is 3.64. The van der Waals surface area contributed by atoms with Crippen molar-refractivity contribution >= 4 is 32.9 Å². The van der Waals surface area contributed by atoms with Crippen LogP contribution in [0.15, 0.2) is 35.8 Å². The van der Waals surface area contributed by atoms with E-state index in [0.717, 1.165) is 18.4 Å². The van der Waals surface area contributed by atoms with Crippen LogP contribution in [-0.4, -0.2) is 4.98 Å². The van der Waals surface area contributed by atoms with Crippen LogP contribution >= 0.6 is 22.7 Å². The highest BCUT2D eigenvalue weighted by Crippen LogP contribution is 2.34. The summed E-state index contributed by atoms with van der Waals surface area (Å²) in [6.07, 6.45) is 2.18. The highest BCUT2D eigenvalue weighted by atomic mass is 32.1. The zero-order chi connectivity index (χ0) is 13.2. The van der Waals surface area contributed by atoms with Gasteiger partial charge in [-0.1, -0.05) is 19.4 Å². The topological polar surface area (TPSA) is 38.9 Å². The zero-order valence-corrected chi connectivity index (χ0v) is 12.4. The first-order valence-electron chi connectivity index (χ1n) is 6.47. The van der Waals surface area contributed by atoms with E-state index < -0.39 is 0 Å². The standard InChI is InChI=1S/C15H16N2S2/c1-2-3-11(16)14-7-6-13(19-14)10-4-5-12-15(8-10)18-9-17-12/h4-9,11H,2-3,16H2,1H3. The van der Waals surface area contributed by atoms with E-state index in [1.165, 1.54) is 20.0 Å². The van der Waals surface area contributed by atoms with Gasteiger partial charge in [0.1, 0.15) is 0 Å². The van der Waals surface area contributed by atoms with E-state index in [1.807, 2.05) is 5.51 Å². The first kappa shape index (κ1) is 12.8. The van der Waals surface area contributed by atoms with Crippen LogP contribution in [-0.2, 0) is 0 Å². The van der Waals surface area contributed by atoms with Crippen LogP contribution in [0.4, 0.5) is 0 Å². The fraction of sp³-hybridized carbons (Fsp3) is 0.267. The molecule has 2 nitrogen and oxygen atoms in total. The predicted molar refractivity (Wildman–Crippen MR) is 84.8 cm³/mol.